The summed E-state index contributed by atoms with van der Waals surface area (Å²) in [7, 11) is 2.03. The molecule has 2 aliphatic carbocycles. The quantitative estimate of drug-likeness (QED) is 0.437. The van der Waals surface area contributed by atoms with Gasteiger partial charge in [-0.15, -0.1) is 11.3 Å². The summed E-state index contributed by atoms with van der Waals surface area (Å²) >= 11 is 1.55. The molecule has 0 saturated heterocycles. The third-order valence-electron chi connectivity index (χ3n) is 6.25. The van der Waals surface area contributed by atoms with Gasteiger partial charge in [0.25, 0.3) is 6.43 Å². The maximum atomic E-state index is 12.5. The monoisotopic (exact) mass is 471 g/mol. The molecule has 0 bridgehead atoms. The Labute approximate surface area is 193 Å². The highest BCUT2D eigenvalue weighted by molar-refractivity contribution is 7.15. The molecule has 0 aromatic carbocycles. The van der Waals surface area contributed by atoms with Gasteiger partial charge in [0.2, 0.25) is 6.41 Å². The SMILES string of the molecule is CF.Cc1ccc(-c2cc(C(F)F)n(C)n2)s1.O=CN(C1CCCCC1)C1CCCCC1. The van der Waals surface area contributed by atoms with Crippen LogP contribution in [0.25, 0.3) is 10.6 Å². The van der Waals surface area contributed by atoms with Crippen molar-refractivity contribution >= 4 is 17.7 Å². The minimum absolute atomic E-state index is 0.0453. The first-order chi connectivity index (χ1) is 15.5. The van der Waals surface area contributed by atoms with E-state index in [0.717, 1.165) is 16.2 Å². The van der Waals surface area contributed by atoms with Gasteiger partial charge in [0.1, 0.15) is 11.4 Å². The van der Waals surface area contributed by atoms with E-state index in [1.165, 1.54) is 82.0 Å². The van der Waals surface area contributed by atoms with Gasteiger partial charge in [0.05, 0.1) is 12.1 Å². The van der Waals surface area contributed by atoms with Gasteiger partial charge in [-0.25, -0.2) is 8.78 Å². The molecule has 2 fully saturated rings. The lowest BCUT2D eigenvalue weighted by Gasteiger charge is -2.39. The van der Waals surface area contributed by atoms with Crippen molar-refractivity contribution in [3.63, 3.8) is 0 Å². The molecule has 2 aromatic rings. The number of hydrogen-bond acceptors (Lipinski definition) is 3. The summed E-state index contributed by atoms with van der Waals surface area (Å²) in [6.45, 7) is 1.98. The van der Waals surface area contributed by atoms with Gasteiger partial charge in [-0.2, -0.15) is 5.10 Å². The molecule has 4 rings (SSSR count). The molecule has 180 valence electrons. The number of alkyl halides is 3. The largest absolute Gasteiger partial charge is 0.339 e. The van der Waals surface area contributed by atoms with Crippen molar-refractivity contribution < 1.29 is 18.0 Å². The Balaban J connectivity index is 0.000000211. The van der Waals surface area contributed by atoms with Crippen LogP contribution >= 0.6 is 11.3 Å². The summed E-state index contributed by atoms with van der Waals surface area (Å²) in [6, 6.07) is 6.43. The number of aromatic nitrogens is 2. The molecule has 2 aromatic heterocycles. The zero-order chi connectivity index (χ0) is 23.5. The van der Waals surface area contributed by atoms with Crippen LogP contribution in [-0.2, 0) is 11.8 Å². The number of amides is 1. The maximum absolute atomic E-state index is 12.5. The number of carbonyl (C=O) groups excluding carboxylic acids is 1. The molecule has 0 spiro atoms. The predicted octanol–water partition coefficient (Wildman–Crippen LogP) is 7.09. The Hall–Kier alpha value is -1.83. The molecule has 0 radical (unpaired) electrons. The van der Waals surface area contributed by atoms with Crippen LogP contribution in [0.15, 0.2) is 18.2 Å². The minimum atomic E-state index is -2.47. The maximum Gasteiger partial charge on any atom is 0.280 e. The smallest absolute Gasteiger partial charge is 0.280 e. The third-order valence-corrected chi connectivity index (χ3v) is 7.27. The van der Waals surface area contributed by atoms with Crippen LogP contribution in [-0.4, -0.2) is 40.4 Å². The van der Waals surface area contributed by atoms with E-state index in [4.69, 9.17) is 0 Å². The van der Waals surface area contributed by atoms with Gasteiger partial charge in [-0.1, -0.05) is 38.5 Å². The van der Waals surface area contributed by atoms with Crippen LogP contribution in [0.4, 0.5) is 13.2 Å². The number of nitrogens with zero attached hydrogens (tertiary/aromatic N) is 3. The normalized spacial score (nSPS) is 17.2. The first-order valence-corrected chi connectivity index (χ1v) is 12.3. The lowest BCUT2D eigenvalue weighted by Crippen LogP contribution is -2.44. The lowest BCUT2D eigenvalue weighted by molar-refractivity contribution is -0.124. The molecule has 32 heavy (non-hydrogen) atoms. The standard InChI is InChI=1S/C13H23NO.C10H10F2N2S.CH3F/c15-11-14(12-7-3-1-4-8-12)13-9-5-2-6-10-13;1-6-3-4-9(15-6)7-5-8(10(11)12)14(2)13-7;1-2/h11-13H,1-10H2;3-5,10H,1-2H3;1H3. The highest BCUT2D eigenvalue weighted by Gasteiger charge is 2.27. The van der Waals surface area contributed by atoms with Gasteiger partial charge in [-0.3, -0.25) is 13.9 Å². The molecule has 0 unspecified atom stereocenters. The molecule has 0 aliphatic heterocycles. The Kier molecular flexibility index (Phi) is 11.3. The second kappa shape index (κ2) is 13.7. The van der Waals surface area contributed by atoms with E-state index in [-0.39, 0.29) is 5.69 Å². The van der Waals surface area contributed by atoms with Crippen LogP contribution in [0.5, 0.6) is 0 Å². The van der Waals surface area contributed by atoms with Crippen molar-refractivity contribution in [2.75, 3.05) is 7.18 Å². The van der Waals surface area contributed by atoms with E-state index in [0.29, 0.717) is 25.0 Å². The van der Waals surface area contributed by atoms with Gasteiger partial charge >= 0.3 is 0 Å². The Bertz CT molecular complexity index is 778. The zero-order valence-electron chi connectivity index (χ0n) is 19.4. The van der Waals surface area contributed by atoms with Gasteiger partial charge < -0.3 is 4.90 Å². The van der Waals surface area contributed by atoms with Crippen molar-refractivity contribution in [2.24, 2.45) is 7.05 Å². The van der Waals surface area contributed by atoms with Crippen molar-refractivity contribution in [1.29, 1.82) is 0 Å². The first kappa shape index (κ1) is 26.4. The van der Waals surface area contributed by atoms with Crippen LogP contribution in [0.1, 0.15) is 81.2 Å². The van der Waals surface area contributed by atoms with Crippen molar-refractivity contribution in [3.05, 3.63) is 28.8 Å². The molecule has 0 atom stereocenters. The van der Waals surface area contributed by atoms with E-state index in [9.17, 15) is 18.0 Å². The van der Waals surface area contributed by atoms with E-state index in [2.05, 4.69) is 10.00 Å². The molecule has 1 amide bonds. The zero-order valence-corrected chi connectivity index (χ0v) is 20.2. The molecule has 0 N–H and O–H groups in total. The third kappa shape index (κ3) is 7.36. The summed E-state index contributed by atoms with van der Waals surface area (Å²) in [5.74, 6) is 0. The molecular formula is C24H36F3N3OS. The van der Waals surface area contributed by atoms with Crippen molar-refractivity contribution in [3.8, 4) is 10.6 Å². The highest BCUT2D eigenvalue weighted by atomic mass is 32.1. The fourth-order valence-corrected chi connectivity index (χ4v) is 5.43. The summed E-state index contributed by atoms with van der Waals surface area (Å²) < 4.78 is 35.7. The van der Waals surface area contributed by atoms with E-state index in [1.54, 1.807) is 11.3 Å². The Morgan fingerprint density at radius 3 is 1.94 bits per heavy atom. The number of hydrogen-bond donors (Lipinski definition) is 0. The number of rotatable bonds is 5. The Morgan fingerprint density at radius 2 is 1.56 bits per heavy atom. The van der Waals surface area contributed by atoms with E-state index in [1.807, 2.05) is 19.1 Å². The lowest BCUT2D eigenvalue weighted by atomic mass is 9.89. The fraction of sp³-hybridized carbons (Fsp3) is 0.667. The Morgan fingerprint density at radius 1 is 1.03 bits per heavy atom. The van der Waals surface area contributed by atoms with Crippen LogP contribution in [0.2, 0.25) is 0 Å². The number of carbonyl (C=O) groups is 1. The summed E-state index contributed by atoms with van der Waals surface area (Å²) in [5, 5.41) is 4.06. The molecule has 4 nitrogen and oxygen atoms in total. The molecular weight excluding hydrogens is 435 g/mol. The van der Waals surface area contributed by atoms with Crippen molar-refractivity contribution in [1.82, 2.24) is 14.7 Å². The molecule has 8 heteroatoms. The van der Waals surface area contributed by atoms with Crippen LogP contribution < -0.4 is 0 Å². The van der Waals surface area contributed by atoms with Crippen LogP contribution in [0.3, 0.4) is 0 Å². The number of thiophene rings is 1. The highest BCUT2D eigenvalue weighted by Crippen LogP contribution is 2.30. The average Bonchev–Trinajstić information content (AvgIpc) is 3.43. The van der Waals surface area contributed by atoms with Crippen LogP contribution in [0, 0.1) is 6.92 Å². The van der Waals surface area contributed by atoms with Gasteiger partial charge in [0, 0.05) is 24.0 Å². The summed E-state index contributed by atoms with van der Waals surface area (Å²) in [4.78, 5) is 15.5. The molecule has 2 heterocycles. The molecule has 2 aliphatic rings. The second-order valence-corrected chi connectivity index (χ2v) is 9.71. The predicted molar refractivity (Wildman–Crippen MR) is 125 cm³/mol. The van der Waals surface area contributed by atoms with E-state index >= 15 is 0 Å². The first-order valence-electron chi connectivity index (χ1n) is 11.5. The molecule has 2 saturated carbocycles. The summed E-state index contributed by atoms with van der Waals surface area (Å²) in [5.41, 5.74) is 0.571. The number of halogens is 3. The second-order valence-electron chi connectivity index (χ2n) is 8.43. The van der Waals surface area contributed by atoms with E-state index < -0.39 is 6.43 Å². The average molecular weight is 472 g/mol. The topological polar surface area (TPSA) is 38.1 Å². The van der Waals surface area contributed by atoms with Gasteiger partial charge in [0.15, 0.2) is 0 Å². The minimum Gasteiger partial charge on any atom is -0.339 e. The van der Waals surface area contributed by atoms with Gasteiger partial charge in [-0.05, 0) is 50.8 Å². The van der Waals surface area contributed by atoms with Crippen molar-refractivity contribution in [2.45, 2.75) is 89.6 Å². The number of aryl methyl sites for hydroxylation is 2. The fourth-order valence-electron chi connectivity index (χ4n) is 4.61. The summed E-state index contributed by atoms with van der Waals surface area (Å²) in [6.07, 6.45) is 11.7.